The van der Waals surface area contributed by atoms with Gasteiger partial charge in [0.2, 0.25) is 5.91 Å². The fourth-order valence-electron chi connectivity index (χ4n) is 3.24. The van der Waals surface area contributed by atoms with Gasteiger partial charge in [0, 0.05) is 11.7 Å². The molecule has 2 aromatic rings. The molecule has 1 aliphatic carbocycles. The van der Waals surface area contributed by atoms with Crippen molar-refractivity contribution in [3.63, 3.8) is 0 Å². The highest BCUT2D eigenvalue weighted by Crippen LogP contribution is 2.48. The molecule has 0 radical (unpaired) electrons. The van der Waals surface area contributed by atoms with E-state index in [2.05, 4.69) is 10.0 Å². The molecule has 144 valence electrons. The molecule has 2 N–H and O–H groups in total. The molecule has 5 nitrogen and oxygen atoms in total. The number of nitrogens with one attached hydrogen (secondary N) is 2. The van der Waals surface area contributed by atoms with Crippen LogP contribution in [0.5, 0.6) is 0 Å². The molecule has 3 rings (SSSR count). The van der Waals surface area contributed by atoms with Crippen molar-refractivity contribution < 1.29 is 13.2 Å². The Morgan fingerprint density at radius 1 is 1.04 bits per heavy atom. The molecule has 1 saturated carbocycles. The van der Waals surface area contributed by atoms with Crippen molar-refractivity contribution in [2.24, 2.45) is 0 Å². The smallest absolute Gasteiger partial charge is 0.262 e. The second-order valence-corrected chi connectivity index (χ2v) is 9.31. The average molecular weight is 387 g/mol. The highest BCUT2D eigenvalue weighted by atomic mass is 32.2. The van der Waals surface area contributed by atoms with Gasteiger partial charge in [-0.05, 0) is 75.4 Å². The summed E-state index contributed by atoms with van der Waals surface area (Å²) in [5, 5.41) is 2.98. The Morgan fingerprint density at radius 3 is 2.22 bits per heavy atom. The number of anilines is 1. The molecule has 0 saturated heterocycles. The molecule has 0 heterocycles. The molecule has 0 aliphatic heterocycles. The van der Waals surface area contributed by atoms with Gasteiger partial charge < -0.3 is 5.32 Å². The summed E-state index contributed by atoms with van der Waals surface area (Å²) in [7, 11) is -3.66. The van der Waals surface area contributed by atoms with E-state index in [0.717, 1.165) is 24.0 Å². The van der Waals surface area contributed by atoms with E-state index in [1.165, 1.54) is 0 Å². The van der Waals surface area contributed by atoms with Crippen molar-refractivity contribution in [2.75, 3.05) is 4.72 Å². The van der Waals surface area contributed by atoms with Gasteiger partial charge >= 0.3 is 0 Å². The largest absolute Gasteiger partial charge is 0.353 e. The second kappa shape index (κ2) is 7.00. The first-order valence-electron chi connectivity index (χ1n) is 9.16. The number of carbonyl (C=O) groups is 1. The van der Waals surface area contributed by atoms with E-state index in [-0.39, 0.29) is 16.8 Å². The lowest BCUT2D eigenvalue weighted by molar-refractivity contribution is -0.124. The van der Waals surface area contributed by atoms with Crippen LogP contribution in [0.25, 0.3) is 0 Å². The first kappa shape index (κ1) is 19.4. The van der Waals surface area contributed by atoms with Gasteiger partial charge in [-0.3, -0.25) is 9.52 Å². The number of benzene rings is 2. The Labute approximate surface area is 161 Å². The van der Waals surface area contributed by atoms with E-state index in [4.69, 9.17) is 0 Å². The van der Waals surface area contributed by atoms with E-state index in [1.54, 1.807) is 31.2 Å². The van der Waals surface area contributed by atoms with Gasteiger partial charge in [0.05, 0.1) is 10.3 Å². The topological polar surface area (TPSA) is 75.3 Å². The Balaban J connectivity index is 1.80. The molecule has 0 aromatic heterocycles. The summed E-state index contributed by atoms with van der Waals surface area (Å²) < 4.78 is 28.1. The van der Waals surface area contributed by atoms with Crippen LogP contribution in [0.2, 0.25) is 0 Å². The van der Waals surface area contributed by atoms with Gasteiger partial charge in [-0.2, -0.15) is 0 Å². The lowest BCUT2D eigenvalue weighted by atomic mass is 9.94. The van der Waals surface area contributed by atoms with Gasteiger partial charge in [-0.1, -0.05) is 24.3 Å². The van der Waals surface area contributed by atoms with Crippen LogP contribution < -0.4 is 10.0 Å². The van der Waals surface area contributed by atoms with Gasteiger partial charge in [0.25, 0.3) is 10.0 Å². The highest BCUT2D eigenvalue weighted by molar-refractivity contribution is 7.92. The third-order valence-corrected chi connectivity index (χ3v) is 6.45. The fraction of sp³-hybridized carbons (Fsp3) is 0.381. The standard InChI is InChI=1S/C21H26N2O3S/c1-14(2)22-20(24)21(11-12-21)17-7-9-18(10-8-17)23-27(25,26)19-13-15(3)5-6-16(19)4/h5-10,13-14,23H,11-12H2,1-4H3,(H,22,24). The maximum Gasteiger partial charge on any atom is 0.262 e. The molecular weight excluding hydrogens is 360 g/mol. The first-order chi connectivity index (χ1) is 12.6. The summed E-state index contributed by atoms with van der Waals surface area (Å²) in [4.78, 5) is 12.8. The summed E-state index contributed by atoms with van der Waals surface area (Å²) in [5.74, 6) is 0.0428. The SMILES string of the molecule is Cc1ccc(C)c(S(=O)(=O)Nc2ccc(C3(C(=O)NC(C)C)CC3)cc2)c1. The van der Waals surface area contributed by atoms with E-state index in [0.29, 0.717) is 11.3 Å². The van der Waals surface area contributed by atoms with Gasteiger partial charge in [0.1, 0.15) is 0 Å². The summed E-state index contributed by atoms with van der Waals surface area (Å²) in [6, 6.07) is 12.6. The maximum absolute atomic E-state index is 12.7. The zero-order valence-electron chi connectivity index (χ0n) is 16.2. The van der Waals surface area contributed by atoms with E-state index >= 15 is 0 Å². The minimum absolute atomic E-state index is 0.0428. The predicted molar refractivity (Wildman–Crippen MR) is 107 cm³/mol. The lowest BCUT2D eigenvalue weighted by Crippen LogP contribution is -2.38. The van der Waals surface area contributed by atoms with Crippen molar-refractivity contribution >= 4 is 21.6 Å². The monoisotopic (exact) mass is 386 g/mol. The molecular formula is C21H26N2O3S. The number of amides is 1. The quantitative estimate of drug-likeness (QED) is 0.795. The fourth-order valence-corrected chi connectivity index (χ4v) is 4.63. The zero-order valence-corrected chi connectivity index (χ0v) is 17.0. The van der Waals surface area contributed by atoms with Crippen LogP contribution in [0.3, 0.4) is 0 Å². The van der Waals surface area contributed by atoms with Crippen LogP contribution in [0.1, 0.15) is 43.4 Å². The van der Waals surface area contributed by atoms with Crippen molar-refractivity contribution in [3.8, 4) is 0 Å². The molecule has 27 heavy (non-hydrogen) atoms. The summed E-state index contributed by atoms with van der Waals surface area (Å²) in [6.07, 6.45) is 1.64. The first-order valence-corrected chi connectivity index (χ1v) is 10.6. The minimum atomic E-state index is -3.66. The third kappa shape index (κ3) is 4.00. The highest BCUT2D eigenvalue weighted by Gasteiger charge is 2.51. The third-order valence-electron chi connectivity index (χ3n) is 4.93. The number of aryl methyl sites for hydroxylation is 2. The van der Waals surface area contributed by atoms with Crippen molar-refractivity contribution in [2.45, 2.75) is 56.9 Å². The molecule has 0 atom stereocenters. The van der Waals surface area contributed by atoms with Crippen LogP contribution in [0, 0.1) is 13.8 Å². The molecule has 2 aromatic carbocycles. The van der Waals surface area contributed by atoms with E-state index in [1.807, 2.05) is 39.0 Å². The lowest BCUT2D eigenvalue weighted by Gasteiger charge is -2.18. The van der Waals surface area contributed by atoms with Gasteiger partial charge in [-0.25, -0.2) is 8.42 Å². The molecule has 6 heteroatoms. The molecule has 1 aliphatic rings. The average Bonchev–Trinajstić information content (AvgIpc) is 3.38. The van der Waals surface area contributed by atoms with Gasteiger partial charge in [0.15, 0.2) is 0 Å². The molecule has 0 unspecified atom stereocenters. The summed E-state index contributed by atoms with van der Waals surface area (Å²) in [6.45, 7) is 7.53. The predicted octanol–water partition coefficient (Wildman–Crippen LogP) is 3.66. The Hall–Kier alpha value is -2.34. The van der Waals surface area contributed by atoms with E-state index in [9.17, 15) is 13.2 Å². The van der Waals surface area contributed by atoms with Crippen molar-refractivity contribution in [1.29, 1.82) is 0 Å². The molecule has 1 amide bonds. The molecule has 0 spiro atoms. The number of carbonyl (C=O) groups excluding carboxylic acids is 1. The Bertz CT molecular complexity index is 959. The number of hydrogen-bond acceptors (Lipinski definition) is 3. The van der Waals surface area contributed by atoms with Crippen LogP contribution in [-0.4, -0.2) is 20.4 Å². The van der Waals surface area contributed by atoms with Crippen LogP contribution >= 0.6 is 0 Å². The number of hydrogen-bond donors (Lipinski definition) is 2. The summed E-state index contributed by atoms with van der Waals surface area (Å²) >= 11 is 0. The van der Waals surface area contributed by atoms with Crippen LogP contribution in [-0.2, 0) is 20.2 Å². The summed E-state index contributed by atoms with van der Waals surface area (Å²) in [5.41, 5.74) is 2.54. The number of rotatable bonds is 6. The normalized spacial score (nSPS) is 15.4. The van der Waals surface area contributed by atoms with Crippen LogP contribution in [0.15, 0.2) is 47.4 Å². The second-order valence-electron chi connectivity index (χ2n) is 7.66. The zero-order chi connectivity index (χ0) is 19.8. The van der Waals surface area contributed by atoms with Crippen LogP contribution in [0.4, 0.5) is 5.69 Å². The van der Waals surface area contributed by atoms with E-state index < -0.39 is 15.4 Å². The minimum Gasteiger partial charge on any atom is -0.353 e. The van der Waals surface area contributed by atoms with Gasteiger partial charge in [-0.15, -0.1) is 0 Å². The number of sulfonamides is 1. The maximum atomic E-state index is 12.7. The molecule has 0 bridgehead atoms. The Morgan fingerprint density at radius 2 is 1.67 bits per heavy atom. The van der Waals surface area contributed by atoms with Crippen molar-refractivity contribution in [1.82, 2.24) is 5.32 Å². The van der Waals surface area contributed by atoms with Crippen molar-refractivity contribution in [3.05, 3.63) is 59.2 Å². The Kier molecular flexibility index (Phi) is 5.04. The molecule has 1 fully saturated rings.